The number of aliphatic hydroxyl groups excluding tert-OH is 1. The number of hydrogen-bond donors (Lipinski definition) is 4. The zero-order valence-electron chi connectivity index (χ0n) is 28.8. The van der Waals surface area contributed by atoms with Gasteiger partial charge in [-0.3, -0.25) is 24.3 Å². The van der Waals surface area contributed by atoms with Crippen molar-refractivity contribution in [2.75, 3.05) is 29.1 Å². The molecule has 0 aliphatic carbocycles. The van der Waals surface area contributed by atoms with Crippen molar-refractivity contribution in [2.45, 2.75) is 60.1 Å². The molecule has 50 heavy (non-hydrogen) atoms. The fourth-order valence-corrected chi connectivity index (χ4v) is 6.14. The van der Waals surface area contributed by atoms with Crippen LogP contribution in [0.4, 0.5) is 17.6 Å². The quantitative estimate of drug-likeness (QED) is 0.0980. The van der Waals surface area contributed by atoms with Crippen LogP contribution in [0, 0.1) is 13.8 Å². The Kier molecular flexibility index (Phi) is 9.67. The molecule has 0 fully saturated rings. The number of aliphatic hydroxyl groups is 1. The van der Waals surface area contributed by atoms with Gasteiger partial charge >= 0.3 is 0 Å². The number of para-hydroxylation sites is 3. The van der Waals surface area contributed by atoms with Gasteiger partial charge in [0, 0.05) is 33.2 Å². The maximum absolute atomic E-state index is 13.5. The fraction of sp³-hybridized carbons (Fsp3) is 0.314. The Bertz CT molecular complexity index is 2200. The minimum absolute atomic E-state index is 0.00680. The van der Waals surface area contributed by atoms with Crippen LogP contribution in [0.3, 0.4) is 0 Å². The van der Waals surface area contributed by atoms with E-state index in [-0.39, 0.29) is 12.5 Å². The second-order valence-electron chi connectivity index (χ2n) is 12.0. The van der Waals surface area contributed by atoms with Crippen LogP contribution in [0.1, 0.15) is 47.6 Å². The number of fused-ring (bicyclic) bond motifs is 2. The number of nitrogens with zero attached hydrogens (tertiary/aromatic N) is 9. The van der Waals surface area contributed by atoms with E-state index in [0.717, 1.165) is 27.9 Å². The Hall–Kier alpha value is -5.96. The second kappa shape index (κ2) is 14.3. The molecule has 0 saturated carbocycles. The molecule has 2 aromatic carbocycles. The Morgan fingerprint density at radius 3 is 2.28 bits per heavy atom. The third kappa shape index (κ3) is 6.80. The molecule has 0 aliphatic heterocycles. The summed E-state index contributed by atoms with van der Waals surface area (Å²) in [6.07, 6.45) is 2.97. The van der Waals surface area contributed by atoms with Gasteiger partial charge in [-0.1, -0.05) is 30.4 Å². The minimum Gasteiger partial charge on any atom is -0.368 e. The topological polar surface area (TPSA) is 179 Å². The molecule has 15 nitrogen and oxygen atoms in total. The first kappa shape index (κ1) is 33.9. The Labute approximate surface area is 289 Å². The van der Waals surface area contributed by atoms with E-state index < -0.39 is 12.1 Å². The number of amides is 2. The number of allylic oxidation sites excluding steroid dienone is 2. The molecule has 2 amide bonds. The van der Waals surface area contributed by atoms with Crippen LogP contribution in [0.5, 0.6) is 0 Å². The molecule has 5 N–H and O–H groups in total. The molecular weight excluding hydrogens is 636 g/mol. The second-order valence-corrected chi connectivity index (χ2v) is 12.0. The van der Waals surface area contributed by atoms with E-state index in [0.29, 0.717) is 60.7 Å². The number of primary amides is 1. The molecule has 6 aromatic rings. The summed E-state index contributed by atoms with van der Waals surface area (Å²) < 4.78 is 7.32. The number of nitrogens with two attached hydrogens (primary N) is 1. The lowest BCUT2D eigenvalue weighted by Gasteiger charge is -2.17. The highest BCUT2D eigenvalue weighted by Gasteiger charge is 2.21. The van der Waals surface area contributed by atoms with E-state index in [9.17, 15) is 14.7 Å². The number of carbonyl (C=O) groups excluding carboxylic acids is 2. The van der Waals surface area contributed by atoms with Crippen molar-refractivity contribution < 1.29 is 14.7 Å². The Morgan fingerprint density at radius 1 is 0.900 bits per heavy atom. The molecular formula is C35H42N12O3. The van der Waals surface area contributed by atoms with Crippen molar-refractivity contribution in [1.82, 2.24) is 38.7 Å². The maximum atomic E-state index is 13.5. The lowest BCUT2D eigenvalue weighted by atomic mass is 10.2. The van der Waals surface area contributed by atoms with E-state index >= 15 is 0 Å². The first-order chi connectivity index (χ1) is 24.1. The van der Waals surface area contributed by atoms with Crippen LogP contribution in [0.2, 0.25) is 0 Å². The van der Waals surface area contributed by atoms with Crippen molar-refractivity contribution in [1.29, 1.82) is 0 Å². The van der Waals surface area contributed by atoms with E-state index in [4.69, 9.17) is 15.7 Å². The molecule has 0 spiro atoms. The molecule has 0 saturated heterocycles. The van der Waals surface area contributed by atoms with Crippen molar-refractivity contribution in [3.8, 4) is 0 Å². The predicted octanol–water partition coefficient (Wildman–Crippen LogP) is 3.97. The number of hydrogen-bond acceptors (Lipinski definition) is 9. The van der Waals surface area contributed by atoms with Crippen LogP contribution >= 0.6 is 0 Å². The van der Waals surface area contributed by atoms with Crippen molar-refractivity contribution in [3.05, 3.63) is 89.5 Å². The van der Waals surface area contributed by atoms with E-state index in [2.05, 4.69) is 20.8 Å². The molecule has 6 rings (SSSR count). The van der Waals surface area contributed by atoms with Crippen LogP contribution in [0.15, 0.2) is 66.7 Å². The van der Waals surface area contributed by atoms with E-state index in [1.165, 1.54) is 0 Å². The van der Waals surface area contributed by atoms with Crippen LogP contribution < -0.4 is 21.3 Å². The lowest BCUT2D eigenvalue weighted by molar-refractivity contribution is -0.116. The summed E-state index contributed by atoms with van der Waals surface area (Å²) in [4.78, 5) is 36.6. The number of nitrogens with one attached hydrogen (secondary N) is 2. The molecule has 4 heterocycles. The highest BCUT2D eigenvalue weighted by molar-refractivity contribution is 6.03. The maximum Gasteiger partial charge on any atom is 0.276 e. The molecule has 0 bridgehead atoms. The number of imidazole rings is 2. The van der Waals surface area contributed by atoms with Gasteiger partial charge in [0.1, 0.15) is 11.2 Å². The summed E-state index contributed by atoms with van der Waals surface area (Å²) in [5, 5.41) is 26.2. The van der Waals surface area contributed by atoms with Gasteiger partial charge in [-0.15, -0.1) is 0 Å². The first-order valence-electron chi connectivity index (χ1n) is 16.5. The average Bonchev–Trinajstić information content (AvgIpc) is 3.85. The number of benzene rings is 2. The molecule has 0 aliphatic rings. The van der Waals surface area contributed by atoms with Crippen molar-refractivity contribution in [2.24, 2.45) is 5.73 Å². The standard InChI is InChI=1S/C35H42N12O3/c1-6-46-28(19-22(3)41-46)32(49)39-34-37-24-13-8-9-14-25(24)44(34)17-10-11-18-45-27-16-12-15-26(43(5)21-30(36)48)31(27)38-35(45)40-33(50)29-20-23(4)42-47(29)7-2/h8-16,19-20,32,49H,6-7,17-18,21H2,1-5H3,(H2,36,48)(H,37,39)(H,38,40,50)/b11-10+. The zero-order valence-corrected chi connectivity index (χ0v) is 28.8. The largest absolute Gasteiger partial charge is 0.368 e. The van der Waals surface area contributed by atoms with Gasteiger partial charge in [-0.05, 0) is 64.1 Å². The molecule has 260 valence electrons. The van der Waals surface area contributed by atoms with E-state index in [1.807, 2.05) is 97.5 Å². The molecule has 1 atom stereocenters. The molecule has 15 heteroatoms. The third-order valence-electron chi connectivity index (χ3n) is 8.40. The van der Waals surface area contributed by atoms with Crippen LogP contribution in [0.25, 0.3) is 22.1 Å². The molecule has 4 aromatic heterocycles. The Morgan fingerprint density at radius 2 is 1.56 bits per heavy atom. The average molecular weight is 679 g/mol. The van der Waals surface area contributed by atoms with Crippen molar-refractivity contribution in [3.63, 3.8) is 0 Å². The number of aromatic nitrogens is 8. The number of aryl methyl sites for hydroxylation is 4. The third-order valence-corrected chi connectivity index (χ3v) is 8.40. The summed E-state index contributed by atoms with van der Waals surface area (Å²) in [5.41, 5.74) is 11.9. The molecule has 0 radical (unpaired) electrons. The zero-order chi connectivity index (χ0) is 35.5. The van der Waals surface area contributed by atoms with Gasteiger partial charge in [0.2, 0.25) is 17.8 Å². The summed E-state index contributed by atoms with van der Waals surface area (Å²) in [5.74, 6) is 0.0511. The van der Waals surface area contributed by atoms with Crippen LogP contribution in [-0.4, -0.2) is 69.2 Å². The van der Waals surface area contributed by atoms with Gasteiger partial charge in [0.05, 0.1) is 45.9 Å². The highest BCUT2D eigenvalue weighted by Crippen LogP contribution is 2.29. The van der Waals surface area contributed by atoms with Gasteiger partial charge in [0.25, 0.3) is 5.91 Å². The molecule has 1 unspecified atom stereocenters. The van der Waals surface area contributed by atoms with Crippen LogP contribution in [-0.2, 0) is 31.0 Å². The summed E-state index contributed by atoms with van der Waals surface area (Å²) in [6.45, 7) is 9.62. The highest BCUT2D eigenvalue weighted by atomic mass is 16.3. The van der Waals surface area contributed by atoms with Gasteiger partial charge < -0.3 is 30.2 Å². The number of carbonyl (C=O) groups is 2. The fourth-order valence-electron chi connectivity index (χ4n) is 6.14. The minimum atomic E-state index is -1.02. The monoisotopic (exact) mass is 678 g/mol. The first-order valence-corrected chi connectivity index (χ1v) is 16.5. The smallest absolute Gasteiger partial charge is 0.276 e. The predicted molar refractivity (Wildman–Crippen MR) is 193 cm³/mol. The number of likely N-dealkylation sites (N-methyl/N-ethyl adjacent to an activating group) is 1. The Balaban J connectivity index is 1.31. The van der Waals surface area contributed by atoms with Gasteiger partial charge in [0.15, 0.2) is 6.23 Å². The van der Waals surface area contributed by atoms with E-state index in [1.54, 1.807) is 27.4 Å². The summed E-state index contributed by atoms with van der Waals surface area (Å²) in [7, 11) is 1.77. The normalized spacial score (nSPS) is 12.3. The SMILES string of the molecule is CCn1nc(C)cc1C(=O)Nc1nc2c(N(C)CC(N)=O)cccc2n1C/C=C/Cn1c(NC(O)c2cc(C)nn2CC)nc2ccccc21. The summed E-state index contributed by atoms with van der Waals surface area (Å²) in [6, 6.07) is 17.1. The summed E-state index contributed by atoms with van der Waals surface area (Å²) >= 11 is 0. The number of anilines is 3. The lowest BCUT2D eigenvalue weighted by Crippen LogP contribution is -2.30. The van der Waals surface area contributed by atoms with Crippen molar-refractivity contribution >= 4 is 51.5 Å². The number of rotatable bonds is 14. The van der Waals surface area contributed by atoms with Gasteiger partial charge in [-0.25, -0.2) is 9.97 Å². The van der Waals surface area contributed by atoms with Gasteiger partial charge in [-0.2, -0.15) is 10.2 Å².